The first-order chi connectivity index (χ1) is 13.1. The van der Waals surface area contributed by atoms with Crippen molar-refractivity contribution in [3.05, 3.63) is 53.9 Å². The number of carbonyl (C=O) groups is 1. The molecule has 0 saturated heterocycles. The van der Waals surface area contributed by atoms with Crippen molar-refractivity contribution in [2.24, 2.45) is 0 Å². The van der Waals surface area contributed by atoms with Crippen molar-refractivity contribution in [3.63, 3.8) is 0 Å². The van der Waals surface area contributed by atoms with Crippen LogP contribution in [0.3, 0.4) is 0 Å². The third-order valence-electron chi connectivity index (χ3n) is 5.40. The van der Waals surface area contributed by atoms with Gasteiger partial charge in [-0.3, -0.25) is 9.78 Å². The number of fused-ring (bicyclic) bond motifs is 1. The summed E-state index contributed by atoms with van der Waals surface area (Å²) in [5, 5.41) is 13.2. The Labute approximate surface area is 167 Å². The van der Waals surface area contributed by atoms with E-state index in [4.69, 9.17) is 0 Å². The molecule has 0 aliphatic heterocycles. The number of aromatic nitrogens is 2. The summed E-state index contributed by atoms with van der Waals surface area (Å²) in [6.45, 7) is 0.706. The Balaban J connectivity index is 1.59. The molecule has 1 saturated carbocycles. The SMILES string of the molecule is O=C(N[C@H]1CCCCC1O)c1cn(CC2=CCC(Br)C=C2)c2cccnc12. The van der Waals surface area contributed by atoms with Gasteiger partial charge in [0.2, 0.25) is 0 Å². The first kappa shape index (κ1) is 18.4. The molecule has 0 aromatic carbocycles. The second-order valence-electron chi connectivity index (χ2n) is 7.36. The van der Waals surface area contributed by atoms with Gasteiger partial charge in [0.05, 0.1) is 23.2 Å². The van der Waals surface area contributed by atoms with E-state index in [1.165, 1.54) is 5.57 Å². The molecule has 2 aliphatic carbocycles. The van der Waals surface area contributed by atoms with Gasteiger partial charge in [0.15, 0.2) is 0 Å². The predicted octanol–water partition coefficient (Wildman–Crippen LogP) is 3.72. The van der Waals surface area contributed by atoms with E-state index in [2.05, 4.69) is 49.0 Å². The molecule has 142 valence electrons. The number of allylic oxidation sites excluding steroid dienone is 4. The summed E-state index contributed by atoms with van der Waals surface area (Å²) in [6.07, 6.45) is 14.2. The number of hydrogen-bond acceptors (Lipinski definition) is 3. The maximum absolute atomic E-state index is 12.9. The van der Waals surface area contributed by atoms with E-state index < -0.39 is 6.10 Å². The minimum absolute atomic E-state index is 0.155. The van der Waals surface area contributed by atoms with Crippen molar-refractivity contribution in [1.82, 2.24) is 14.9 Å². The van der Waals surface area contributed by atoms with Gasteiger partial charge in [-0.1, -0.05) is 47.0 Å². The largest absolute Gasteiger partial charge is 0.391 e. The van der Waals surface area contributed by atoms with Gasteiger partial charge in [-0.25, -0.2) is 0 Å². The zero-order valence-corrected chi connectivity index (χ0v) is 16.7. The highest BCUT2D eigenvalue weighted by atomic mass is 79.9. The Hall–Kier alpha value is -1.92. The van der Waals surface area contributed by atoms with Crippen LogP contribution in [0.2, 0.25) is 0 Å². The first-order valence-electron chi connectivity index (χ1n) is 9.56. The molecule has 27 heavy (non-hydrogen) atoms. The molecule has 2 aliphatic rings. The zero-order chi connectivity index (χ0) is 18.8. The van der Waals surface area contributed by atoms with E-state index in [1.54, 1.807) is 6.20 Å². The topological polar surface area (TPSA) is 67.2 Å². The number of halogens is 1. The van der Waals surface area contributed by atoms with Crippen LogP contribution < -0.4 is 5.32 Å². The Morgan fingerprint density at radius 3 is 3.00 bits per heavy atom. The van der Waals surface area contributed by atoms with Gasteiger partial charge in [0, 0.05) is 23.8 Å². The van der Waals surface area contributed by atoms with Crippen molar-refractivity contribution in [2.45, 2.75) is 55.6 Å². The number of carbonyl (C=O) groups excluding carboxylic acids is 1. The van der Waals surface area contributed by atoms with Crippen LogP contribution >= 0.6 is 15.9 Å². The lowest BCUT2D eigenvalue weighted by Gasteiger charge is -2.28. The van der Waals surface area contributed by atoms with Crippen molar-refractivity contribution in [3.8, 4) is 0 Å². The predicted molar refractivity (Wildman–Crippen MR) is 110 cm³/mol. The fourth-order valence-electron chi connectivity index (χ4n) is 3.90. The average molecular weight is 430 g/mol. The minimum Gasteiger partial charge on any atom is -0.391 e. The molecular weight excluding hydrogens is 406 g/mol. The molecule has 2 N–H and O–H groups in total. The lowest BCUT2D eigenvalue weighted by Crippen LogP contribution is -2.45. The molecule has 5 nitrogen and oxygen atoms in total. The monoisotopic (exact) mass is 429 g/mol. The summed E-state index contributed by atoms with van der Waals surface area (Å²) in [5.41, 5.74) is 3.45. The first-order valence-corrected chi connectivity index (χ1v) is 10.5. The fraction of sp³-hybridized carbons (Fsp3) is 0.429. The van der Waals surface area contributed by atoms with E-state index in [1.807, 2.05) is 18.3 Å². The molecule has 3 atom stereocenters. The molecule has 4 rings (SSSR count). The normalized spacial score (nSPS) is 25.4. The number of aliphatic hydroxyl groups is 1. The van der Waals surface area contributed by atoms with Gasteiger partial charge < -0.3 is 15.0 Å². The number of nitrogens with one attached hydrogen (secondary N) is 1. The summed E-state index contributed by atoms with van der Waals surface area (Å²) in [6, 6.07) is 3.72. The molecular formula is C21H24BrN3O2. The van der Waals surface area contributed by atoms with E-state index in [0.29, 0.717) is 22.5 Å². The second kappa shape index (κ2) is 7.98. The van der Waals surface area contributed by atoms with Crippen LogP contribution in [-0.2, 0) is 6.54 Å². The number of pyridine rings is 1. The Bertz CT molecular complexity index is 902. The Morgan fingerprint density at radius 1 is 1.37 bits per heavy atom. The number of rotatable bonds is 4. The quantitative estimate of drug-likeness (QED) is 0.727. The van der Waals surface area contributed by atoms with Crippen LogP contribution in [0.15, 0.2) is 48.3 Å². The highest BCUT2D eigenvalue weighted by Crippen LogP contribution is 2.24. The molecule has 0 radical (unpaired) electrons. The van der Waals surface area contributed by atoms with E-state index >= 15 is 0 Å². The van der Waals surface area contributed by atoms with E-state index in [0.717, 1.165) is 37.6 Å². The van der Waals surface area contributed by atoms with E-state index in [9.17, 15) is 9.90 Å². The lowest BCUT2D eigenvalue weighted by atomic mass is 9.92. The van der Waals surface area contributed by atoms with Gasteiger partial charge in [-0.2, -0.15) is 0 Å². The standard InChI is InChI=1S/C21H24BrN3O2/c22-15-9-7-14(8-10-15)12-25-13-16(20-18(25)5-3-11-23-20)21(27)24-17-4-1-2-6-19(17)26/h3,5,7-9,11,13,15,17,19,26H,1-2,4,6,10,12H2,(H,24,27)/t15?,17-,19?/m0/s1. The van der Waals surface area contributed by atoms with Crippen LogP contribution in [0.1, 0.15) is 42.5 Å². The van der Waals surface area contributed by atoms with Crippen LogP contribution in [0.5, 0.6) is 0 Å². The molecule has 2 heterocycles. The Morgan fingerprint density at radius 2 is 2.22 bits per heavy atom. The van der Waals surface area contributed by atoms with Crippen LogP contribution in [0.4, 0.5) is 0 Å². The third-order valence-corrected chi connectivity index (χ3v) is 6.08. The molecule has 2 aromatic rings. The lowest BCUT2D eigenvalue weighted by molar-refractivity contribution is 0.0718. The minimum atomic E-state index is -0.460. The van der Waals surface area contributed by atoms with Gasteiger partial charge in [-0.15, -0.1) is 0 Å². The van der Waals surface area contributed by atoms with Crippen LogP contribution in [-0.4, -0.2) is 37.5 Å². The molecule has 2 aromatic heterocycles. The van der Waals surface area contributed by atoms with Crippen LogP contribution in [0.25, 0.3) is 11.0 Å². The highest BCUT2D eigenvalue weighted by molar-refractivity contribution is 9.09. The average Bonchev–Trinajstić information content (AvgIpc) is 3.04. The summed E-state index contributed by atoms with van der Waals surface area (Å²) in [4.78, 5) is 17.8. The summed E-state index contributed by atoms with van der Waals surface area (Å²) >= 11 is 3.59. The van der Waals surface area contributed by atoms with E-state index in [-0.39, 0.29) is 11.9 Å². The van der Waals surface area contributed by atoms with Crippen molar-refractivity contribution < 1.29 is 9.90 Å². The number of nitrogens with zero attached hydrogens (tertiary/aromatic N) is 2. The van der Waals surface area contributed by atoms with Crippen molar-refractivity contribution in [2.75, 3.05) is 0 Å². The smallest absolute Gasteiger partial charge is 0.255 e. The third kappa shape index (κ3) is 4.01. The maximum atomic E-state index is 12.9. The zero-order valence-electron chi connectivity index (χ0n) is 15.1. The summed E-state index contributed by atoms with van der Waals surface area (Å²) in [7, 11) is 0. The van der Waals surface area contributed by atoms with Gasteiger partial charge >= 0.3 is 0 Å². The molecule has 0 bridgehead atoms. The van der Waals surface area contributed by atoms with Gasteiger partial charge in [-0.05, 0) is 37.0 Å². The molecule has 1 amide bonds. The maximum Gasteiger partial charge on any atom is 0.255 e. The molecule has 0 spiro atoms. The summed E-state index contributed by atoms with van der Waals surface area (Å²) < 4.78 is 2.08. The van der Waals surface area contributed by atoms with Crippen LogP contribution in [0, 0.1) is 0 Å². The number of aliphatic hydroxyl groups excluding tert-OH is 1. The highest BCUT2D eigenvalue weighted by Gasteiger charge is 2.26. The van der Waals surface area contributed by atoms with Gasteiger partial charge in [0.25, 0.3) is 5.91 Å². The second-order valence-corrected chi connectivity index (χ2v) is 8.54. The number of amides is 1. The fourth-order valence-corrected chi connectivity index (χ4v) is 4.24. The van der Waals surface area contributed by atoms with Crippen molar-refractivity contribution in [1.29, 1.82) is 0 Å². The van der Waals surface area contributed by atoms with Gasteiger partial charge in [0.1, 0.15) is 5.52 Å². The molecule has 6 heteroatoms. The number of alkyl halides is 1. The van der Waals surface area contributed by atoms with Crippen molar-refractivity contribution >= 4 is 32.9 Å². The number of hydrogen-bond donors (Lipinski definition) is 2. The summed E-state index contributed by atoms with van der Waals surface area (Å²) in [5.74, 6) is -0.155. The Kier molecular flexibility index (Phi) is 5.45. The molecule has 2 unspecified atom stereocenters. The molecule has 1 fully saturated rings.